The van der Waals surface area contributed by atoms with E-state index in [-0.39, 0.29) is 5.41 Å². The molecule has 0 atom stereocenters. The van der Waals surface area contributed by atoms with Crippen molar-refractivity contribution in [2.75, 3.05) is 0 Å². The summed E-state index contributed by atoms with van der Waals surface area (Å²) in [5.41, 5.74) is 2.05. The zero-order valence-corrected chi connectivity index (χ0v) is 13.9. The molecule has 24 heavy (non-hydrogen) atoms. The third kappa shape index (κ3) is 2.23. The van der Waals surface area contributed by atoms with Crippen LogP contribution in [0.15, 0.2) is 42.6 Å². The predicted octanol–water partition coefficient (Wildman–Crippen LogP) is 5.03. The first-order chi connectivity index (χ1) is 11.7. The number of hydrogen-bond acceptors (Lipinski definition) is 2. The topological polar surface area (TPSA) is 30.0 Å². The smallest absolute Gasteiger partial charge is 0.161 e. The van der Waals surface area contributed by atoms with Crippen LogP contribution in [0.1, 0.15) is 44.1 Å². The first kappa shape index (κ1) is 14.4. The largest absolute Gasteiger partial charge is 0.294 e. The van der Waals surface area contributed by atoms with Gasteiger partial charge in [-0.15, -0.1) is 0 Å². The first-order valence-electron chi connectivity index (χ1n) is 9.28. The van der Waals surface area contributed by atoms with Crippen LogP contribution in [0.3, 0.4) is 0 Å². The van der Waals surface area contributed by atoms with Crippen molar-refractivity contribution in [1.82, 2.24) is 4.98 Å². The van der Waals surface area contributed by atoms with Crippen molar-refractivity contribution in [2.24, 2.45) is 23.2 Å². The van der Waals surface area contributed by atoms with E-state index in [1.807, 2.05) is 42.6 Å². The van der Waals surface area contributed by atoms with Crippen LogP contribution >= 0.6 is 0 Å². The van der Waals surface area contributed by atoms with Gasteiger partial charge >= 0.3 is 0 Å². The summed E-state index contributed by atoms with van der Waals surface area (Å²) in [6, 6.07) is 10.1. The molecule has 4 bridgehead atoms. The highest BCUT2D eigenvalue weighted by molar-refractivity contribution is 6.00. The van der Waals surface area contributed by atoms with Gasteiger partial charge in [0, 0.05) is 17.0 Å². The molecule has 0 saturated heterocycles. The normalized spacial score (nSPS) is 34.2. The van der Waals surface area contributed by atoms with Gasteiger partial charge in [0.1, 0.15) is 0 Å². The Hall–Kier alpha value is -1.96. The van der Waals surface area contributed by atoms with Gasteiger partial charge < -0.3 is 0 Å². The van der Waals surface area contributed by atoms with Crippen molar-refractivity contribution >= 4 is 22.8 Å². The summed E-state index contributed by atoms with van der Waals surface area (Å²) in [5, 5.41) is 1.12. The highest BCUT2D eigenvalue weighted by Gasteiger charge is 2.53. The summed E-state index contributed by atoms with van der Waals surface area (Å²) in [7, 11) is 0. The summed E-state index contributed by atoms with van der Waals surface area (Å²) in [5.74, 6) is 2.82. The predicted molar refractivity (Wildman–Crippen MR) is 96.4 cm³/mol. The molecular formula is C22H23NO. The number of carbonyl (C=O) groups is 1. The molecule has 0 spiro atoms. The second kappa shape index (κ2) is 5.27. The second-order valence-electron chi connectivity index (χ2n) is 8.31. The van der Waals surface area contributed by atoms with Gasteiger partial charge in [0.05, 0.1) is 5.52 Å². The minimum atomic E-state index is -0.0336. The molecule has 4 aliphatic carbocycles. The maximum absolute atomic E-state index is 13.1. The summed E-state index contributed by atoms with van der Waals surface area (Å²) in [6.07, 6.45) is 13.3. The second-order valence-corrected chi connectivity index (χ2v) is 8.31. The average molecular weight is 317 g/mol. The third-order valence-electron chi connectivity index (χ3n) is 6.66. The van der Waals surface area contributed by atoms with Crippen molar-refractivity contribution in [3.63, 3.8) is 0 Å². The van der Waals surface area contributed by atoms with E-state index in [1.54, 1.807) is 0 Å². The number of aromatic nitrogens is 1. The summed E-state index contributed by atoms with van der Waals surface area (Å²) in [6.45, 7) is 0. The van der Waals surface area contributed by atoms with Crippen LogP contribution in [0.4, 0.5) is 0 Å². The van der Waals surface area contributed by atoms with Gasteiger partial charge in [-0.1, -0.05) is 24.3 Å². The Morgan fingerprint density at radius 3 is 2.38 bits per heavy atom. The summed E-state index contributed by atoms with van der Waals surface area (Å²) < 4.78 is 0. The number of nitrogens with zero attached hydrogens (tertiary/aromatic N) is 1. The van der Waals surface area contributed by atoms with E-state index in [9.17, 15) is 4.79 Å². The van der Waals surface area contributed by atoms with Gasteiger partial charge in [-0.05, 0) is 80.1 Å². The van der Waals surface area contributed by atoms with Crippen LogP contribution in [-0.2, 0) is 4.79 Å². The standard InChI is InChI=1S/C22H23NO/c24-21(22-12-15-9-16(13-22)11-17(10-15)14-22)6-5-18-7-8-23-20-4-2-1-3-19(18)20/h1-8,15-17H,9-14H2. The van der Waals surface area contributed by atoms with E-state index in [1.165, 1.54) is 19.3 Å². The molecule has 122 valence electrons. The molecule has 4 saturated carbocycles. The molecule has 1 heterocycles. The van der Waals surface area contributed by atoms with E-state index in [4.69, 9.17) is 0 Å². The van der Waals surface area contributed by atoms with Crippen LogP contribution in [0.5, 0.6) is 0 Å². The van der Waals surface area contributed by atoms with Crippen LogP contribution in [0, 0.1) is 23.2 Å². The first-order valence-corrected chi connectivity index (χ1v) is 9.28. The Balaban J connectivity index is 1.45. The molecule has 0 amide bonds. The summed E-state index contributed by atoms with van der Waals surface area (Å²) in [4.78, 5) is 17.5. The molecule has 1 aromatic heterocycles. The number of ketones is 1. The maximum Gasteiger partial charge on any atom is 0.161 e. The Morgan fingerprint density at radius 1 is 1.00 bits per heavy atom. The average Bonchev–Trinajstić information content (AvgIpc) is 2.58. The Morgan fingerprint density at radius 2 is 1.67 bits per heavy atom. The van der Waals surface area contributed by atoms with Crippen molar-refractivity contribution in [2.45, 2.75) is 38.5 Å². The van der Waals surface area contributed by atoms with Crippen LogP contribution in [0.2, 0.25) is 0 Å². The lowest BCUT2D eigenvalue weighted by atomic mass is 9.48. The quantitative estimate of drug-likeness (QED) is 0.743. The highest BCUT2D eigenvalue weighted by Crippen LogP contribution is 2.60. The fourth-order valence-electron chi connectivity index (χ4n) is 6.02. The fourth-order valence-corrected chi connectivity index (χ4v) is 6.02. The molecule has 2 heteroatoms. The summed E-state index contributed by atoms with van der Waals surface area (Å²) >= 11 is 0. The molecule has 0 radical (unpaired) electrons. The van der Waals surface area contributed by atoms with Gasteiger partial charge in [-0.25, -0.2) is 0 Å². The van der Waals surface area contributed by atoms with Gasteiger partial charge in [-0.2, -0.15) is 0 Å². The molecule has 4 fully saturated rings. The Bertz CT molecular complexity index is 794. The van der Waals surface area contributed by atoms with E-state index >= 15 is 0 Å². The van der Waals surface area contributed by atoms with Crippen LogP contribution in [0.25, 0.3) is 17.0 Å². The zero-order chi connectivity index (χ0) is 16.1. The molecule has 0 unspecified atom stereocenters. The van der Waals surface area contributed by atoms with Gasteiger partial charge in [0.15, 0.2) is 5.78 Å². The third-order valence-corrected chi connectivity index (χ3v) is 6.66. The number of fused-ring (bicyclic) bond motifs is 1. The number of hydrogen-bond donors (Lipinski definition) is 0. The SMILES string of the molecule is O=C(C=Cc1ccnc2ccccc12)C12CC3CC(CC(C3)C1)C2. The zero-order valence-electron chi connectivity index (χ0n) is 13.9. The van der Waals surface area contributed by atoms with Crippen molar-refractivity contribution in [3.8, 4) is 0 Å². The molecule has 6 rings (SSSR count). The fraction of sp³-hybridized carbons (Fsp3) is 0.455. The maximum atomic E-state index is 13.1. The number of rotatable bonds is 3. The van der Waals surface area contributed by atoms with Crippen molar-refractivity contribution in [1.29, 1.82) is 0 Å². The monoisotopic (exact) mass is 317 g/mol. The van der Waals surface area contributed by atoms with Gasteiger partial charge in [0.2, 0.25) is 0 Å². The Kier molecular flexibility index (Phi) is 3.16. The number of allylic oxidation sites excluding steroid dienone is 1. The molecule has 0 aliphatic heterocycles. The van der Waals surface area contributed by atoms with E-state index in [0.29, 0.717) is 5.78 Å². The molecule has 0 N–H and O–H groups in total. The van der Waals surface area contributed by atoms with E-state index in [0.717, 1.165) is 53.5 Å². The Labute approximate surface area is 143 Å². The lowest BCUT2D eigenvalue weighted by Crippen LogP contribution is -2.49. The van der Waals surface area contributed by atoms with Gasteiger partial charge in [-0.3, -0.25) is 9.78 Å². The highest BCUT2D eigenvalue weighted by atomic mass is 16.1. The lowest BCUT2D eigenvalue weighted by molar-refractivity contribution is -0.138. The molecule has 2 nitrogen and oxygen atoms in total. The number of para-hydroxylation sites is 1. The van der Waals surface area contributed by atoms with E-state index < -0.39 is 0 Å². The van der Waals surface area contributed by atoms with Gasteiger partial charge in [0.25, 0.3) is 0 Å². The lowest BCUT2D eigenvalue weighted by Gasteiger charge is -2.55. The van der Waals surface area contributed by atoms with Crippen LogP contribution < -0.4 is 0 Å². The molecule has 4 aliphatic rings. The molecular weight excluding hydrogens is 294 g/mol. The molecule has 1 aromatic carbocycles. The van der Waals surface area contributed by atoms with Crippen LogP contribution in [-0.4, -0.2) is 10.8 Å². The minimum absolute atomic E-state index is 0.0336. The van der Waals surface area contributed by atoms with Crippen molar-refractivity contribution < 1.29 is 4.79 Å². The van der Waals surface area contributed by atoms with E-state index in [2.05, 4.69) is 11.1 Å². The molecule has 2 aromatic rings. The minimum Gasteiger partial charge on any atom is -0.294 e. The number of carbonyl (C=O) groups excluding carboxylic acids is 1. The number of benzene rings is 1. The van der Waals surface area contributed by atoms with Crippen molar-refractivity contribution in [3.05, 3.63) is 48.2 Å². The number of pyridine rings is 1.